The fourth-order valence-corrected chi connectivity index (χ4v) is 5.49. The van der Waals surface area contributed by atoms with Crippen LogP contribution >= 0.6 is 67.8 Å². The molecule has 0 saturated heterocycles. The zero-order chi connectivity index (χ0) is 20.2. The number of fused-ring (bicyclic) bond motifs is 2. The second-order valence-corrected chi connectivity index (χ2v) is 9.26. The van der Waals surface area contributed by atoms with Gasteiger partial charge in [0.15, 0.2) is 11.2 Å². The summed E-state index contributed by atoms with van der Waals surface area (Å²) in [5.41, 5.74) is 1.75. The minimum Gasteiger partial charge on any atom is -0.871 e. The molecule has 0 atom stereocenters. The number of hydrogen-bond acceptors (Lipinski definition) is 5. The summed E-state index contributed by atoms with van der Waals surface area (Å²) in [5.74, 6) is -1.16. The first-order chi connectivity index (χ1) is 13.3. The molecule has 0 aromatic heterocycles. The largest absolute Gasteiger partial charge is 1.00 e. The molecule has 4 rings (SSSR count). The van der Waals surface area contributed by atoms with E-state index in [1.807, 2.05) is 67.8 Å². The van der Waals surface area contributed by atoms with E-state index < -0.39 is 5.97 Å². The molecule has 0 amide bonds. The predicted molar refractivity (Wildman–Crippen MR) is 126 cm³/mol. The number of rotatable bonds is 2. The van der Waals surface area contributed by atoms with Crippen LogP contribution < -0.4 is 74.8 Å². The van der Waals surface area contributed by atoms with Crippen LogP contribution in [0, 0.1) is 10.7 Å². The summed E-state index contributed by atoms with van der Waals surface area (Å²) in [6.07, 6.45) is 0. The van der Waals surface area contributed by atoms with Crippen molar-refractivity contribution in [3.8, 4) is 28.2 Å². The molecular weight excluding hydrogens is 747 g/mol. The van der Waals surface area contributed by atoms with Crippen molar-refractivity contribution in [2.45, 2.75) is 0 Å². The first-order valence-corrected chi connectivity index (χ1v) is 11.1. The molecule has 1 aliphatic carbocycles. The number of halogens is 3. The number of carbonyl (C=O) groups excluding carboxylic acids is 1. The summed E-state index contributed by atoms with van der Waals surface area (Å²) in [6, 6.07) is 11.2. The number of carboxylic acid groups (broad SMARTS) is 1. The van der Waals surface area contributed by atoms with Crippen molar-refractivity contribution >= 4 is 84.7 Å². The van der Waals surface area contributed by atoms with Crippen molar-refractivity contribution in [3.05, 3.63) is 69.0 Å². The van der Waals surface area contributed by atoms with Crippen molar-refractivity contribution in [1.82, 2.24) is 0 Å². The Morgan fingerprint density at radius 3 is 2.27 bits per heavy atom. The Labute approximate surface area is 256 Å². The van der Waals surface area contributed by atoms with Gasteiger partial charge in [-0.3, -0.25) is 4.79 Å². The molecule has 0 fully saturated rings. The van der Waals surface area contributed by atoms with Gasteiger partial charge >= 0.3 is 59.1 Å². The molecule has 0 radical (unpaired) electrons. The molecule has 2 aromatic rings. The SMILES string of the molecule is O=C([O-])c1ccccc1-c1c2ccc(=O)c(I)c-2oc2c(I)c([O-])c(I)cc12.[Na+].[Na+]. The average molecular weight is 754 g/mol. The van der Waals surface area contributed by atoms with Crippen molar-refractivity contribution in [1.29, 1.82) is 0 Å². The molecule has 0 saturated carbocycles. The second kappa shape index (κ2) is 10.7. The van der Waals surface area contributed by atoms with Gasteiger partial charge in [-0.2, -0.15) is 0 Å². The Morgan fingerprint density at radius 1 is 0.933 bits per heavy atom. The van der Waals surface area contributed by atoms with Crippen LogP contribution in [0.2, 0.25) is 0 Å². The van der Waals surface area contributed by atoms with Crippen LogP contribution in [0.5, 0.6) is 5.75 Å². The van der Waals surface area contributed by atoms with Crippen molar-refractivity contribution in [3.63, 3.8) is 0 Å². The monoisotopic (exact) mass is 754 g/mol. The van der Waals surface area contributed by atoms with E-state index in [0.717, 1.165) is 0 Å². The minimum absolute atomic E-state index is 0. The average Bonchev–Trinajstić information content (AvgIpc) is 2.68. The molecule has 2 aromatic carbocycles. The van der Waals surface area contributed by atoms with E-state index in [1.165, 1.54) is 12.1 Å². The van der Waals surface area contributed by atoms with E-state index in [0.29, 0.717) is 44.1 Å². The standard InChI is InChI=1S/C20H9I3O5.2Na/c21-12-7-11-14(8-3-1-2-4-9(8)20(26)27)10-5-6-13(24)15(22)18(10)28-19(11)16(23)17(12)25;;/h1-7,25H,(H,26,27);;/q;2*+1/p-2. The third kappa shape index (κ3) is 4.63. The molecule has 140 valence electrons. The minimum atomic E-state index is -1.31. The maximum atomic E-state index is 12.5. The summed E-state index contributed by atoms with van der Waals surface area (Å²) in [4.78, 5) is 23.9. The Bertz CT molecular complexity index is 1320. The number of hydrogen-bond donors (Lipinski definition) is 0. The zero-order valence-corrected chi connectivity index (χ0v) is 26.2. The first kappa shape index (κ1) is 26.8. The Kier molecular flexibility index (Phi) is 9.55. The number of carboxylic acids is 1. The summed E-state index contributed by atoms with van der Waals surface area (Å²) in [5, 5.41) is 24.8. The molecule has 0 N–H and O–H groups in total. The third-order valence-electron chi connectivity index (χ3n) is 4.35. The topological polar surface area (TPSA) is 93.4 Å². The van der Waals surface area contributed by atoms with E-state index in [2.05, 4.69) is 0 Å². The third-order valence-corrected chi connectivity index (χ3v) is 7.15. The Balaban J connectivity index is 0.00000160. The van der Waals surface area contributed by atoms with Crippen molar-refractivity contribution < 1.29 is 78.5 Å². The normalized spacial score (nSPS) is 10.5. The molecule has 1 aliphatic heterocycles. The van der Waals surface area contributed by atoms with Gasteiger partial charge in [0.05, 0.1) is 5.97 Å². The summed E-state index contributed by atoms with van der Waals surface area (Å²) >= 11 is 5.78. The quantitative estimate of drug-likeness (QED) is 0.132. The molecule has 1 heterocycles. The molecule has 0 bridgehead atoms. The van der Waals surface area contributed by atoms with Crippen LogP contribution in [0.25, 0.3) is 33.4 Å². The predicted octanol–water partition coefficient (Wildman–Crippen LogP) is -2.18. The van der Waals surface area contributed by atoms with E-state index in [9.17, 15) is 19.8 Å². The maximum Gasteiger partial charge on any atom is 1.00 e. The number of aromatic carboxylic acids is 1. The molecule has 0 unspecified atom stereocenters. The van der Waals surface area contributed by atoms with Gasteiger partial charge in [-0.15, -0.1) is 0 Å². The Hall–Kier alpha value is 0.590. The summed E-state index contributed by atoms with van der Waals surface area (Å²) in [7, 11) is 0. The zero-order valence-electron chi connectivity index (χ0n) is 15.7. The van der Waals surface area contributed by atoms with Crippen LogP contribution in [0.4, 0.5) is 0 Å². The van der Waals surface area contributed by atoms with Crippen LogP contribution in [-0.2, 0) is 0 Å². The van der Waals surface area contributed by atoms with E-state index >= 15 is 0 Å². The van der Waals surface area contributed by atoms with Gasteiger partial charge in [-0.25, -0.2) is 0 Å². The van der Waals surface area contributed by atoms with Crippen molar-refractivity contribution in [2.24, 2.45) is 0 Å². The summed E-state index contributed by atoms with van der Waals surface area (Å²) in [6.45, 7) is 0. The van der Waals surface area contributed by atoms with Gasteiger partial charge in [-0.05, 0) is 91.5 Å². The maximum absolute atomic E-state index is 12.5. The van der Waals surface area contributed by atoms with Crippen LogP contribution in [0.15, 0.2) is 51.7 Å². The van der Waals surface area contributed by atoms with Crippen LogP contribution in [0.3, 0.4) is 0 Å². The number of carbonyl (C=O) groups is 1. The molecule has 5 nitrogen and oxygen atoms in total. The fraction of sp³-hybridized carbons (Fsp3) is 0. The van der Waals surface area contributed by atoms with Gasteiger partial charge in [0, 0.05) is 29.2 Å². The van der Waals surface area contributed by atoms with Crippen LogP contribution in [0.1, 0.15) is 10.4 Å². The van der Waals surface area contributed by atoms with Gasteiger partial charge in [0.1, 0.15) is 9.15 Å². The van der Waals surface area contributed by atoms with E-state index in [4.69, 9.17) is 4.42 Å². The Morgan fingerprint density at radius 2 is 1.60 bits per heavy atom. The van der Waals surface area contributed by atoms with Gasteiger partial charge in [0.25, 0.3) is 0 Å². The second-order valence-electron chi connectivity index (χ2n) is 5.94. The molecule has 0 spiro atoms. The van der Waals surface area contributed by atoms with Gasteiger partial charge in [0.2, 0.25) is 0 Å². The molecule has 10 heteroatoms. The van der Waals surface area contributed by atoms with E-state index in [1.54, 1.807) is 30.3 Å². The van der Waals surface area contributed by atoms with Gasteiger partial charge < -0.3 is 19.4 Å². The van der Waals surface area contributed by atoms with Gasteiger partial charge in [-0.1, -0.05) is 30.0 Å². The fourth-order valence-electron chi connectivity index (χ4n) is 3.12. The number of benzene rings is 3. The molecular formula is C20H7I3Na2O5. The van der Waals surface area contributed by atoms with Crippen LogP contribution in [-0.4, -0.2) is 5.97 Å². The first-order valence-electron chi connectivity index (χ1n) is 7.86. The van der Waals surface area contributed by atoms with E-state index in [-0.39, 0.29) is 75.9 Å². The summed E-state index contributed by atoms with van der Waals surface area (Å²) < 4.78 is 7.24. The molecule has 2 aliphatic rings. The van der Waals surface area contributed by atoms with Crippen molar-refractivity contribution in [2.75, 3.05) is 0 Å². The molecule has 30 heavy (non-hydrogen) atoms. The smallest absolute Gasteiger partial charge is 0.871 e.